The highest BCUT2D eigenvalue weighted by Crippen LogP contribution is 2.25. The van der Waals surface area contributed by atoms with Crippen molar-refractivity contribution in [3.63, 3.8) is 0 Å². The van der Waals surface area contributed by atoms with Crippen LogP contribution in [0.5, 0.6) is 0 Å². The minimum atomic E-state index is -3.54. The number of hydrogen-bond donors (Lipinski definition) is 2. The van der Waals surface area contributed by atoms with Gasteiger partial charge in [-0.15, -0.1) is 4.83 Å². The fraction of sp³-hybridized carbons (Fsp3) is 0.500. The third kappa shape index (κ3) is 4.54. The molecular formula is C12H20BrN3O2S. The van der Waals surface area contributed by atoms with Crippen LogP contribution in [0.4, 0.5) is 0 Å². The first-order valence-electron chi connectivity index (χ1n) is 5.97. The predicted octanol–water partition coefficient (Wildman–Crippen LogP) is 1.62. The molecule has 0 aliphatic rings. The maximum absolute atomic E-state index is 12.2. The van der Waals surface area contributed by atoms with Crippen molar-refractivity contribution in [3.8, 4) is 0 Å². The topological polar surface area (TPSA) is 61.4 Å². The van der Waals surface area contributed by atoms with Gasteiger partial charge in [0.05, 0.1) is 4.90 Å². The Morgan fingerprint density at radius 1 is 1.32 bits per heavy atom. The maximum Gasteiger partial charge on any atom is 0.253 e. The molecule has 0 unspecified atom stereocenters. The number of hydrazine groups is 1. The van der Waals surface area contributed by atoms with E-state index in [1.807, 2.05) is 13.0 Å². The predicted molar refractivity (Wildman–Crippen MR) is 80.3 cm³/mol. The van der Waals surface area contributed by atoms with Gasteiger partial charge >= 0.3 is 0 Å². The third-order valence-electron chi connectivity index (χ3n) is 2.53. The molecule has 2 N–H and O–H groups in total. The molecule has 108 valence electrons. The molecule has 0 aromatic heterocycles. The van der Waals surface area contributed by atoms with Gasteiger partial charge in [-0.3, -0.25) is 0 Å². The van der Waals surface area contributed by atoms with E-state index in [0.29, 0.717) is 17.0 Å². The van der Waals surface area contributed by atoms with Gasteiger partial charge in [-0.2, -0.15) is 0 Å². The molecule has 0 aliphatic carbocycles. The van der Waals surface area contributed by atoms with Crippen molar-refractivity contribution in [3.05, 3.63) is 27.7 Å². The fourth-order valence-electron chi connectivity index (χ4n) is 1.65. The molecule has 7 heteroatoms. The maximum atomic E-state index is 12.2. The summed E-state index contributed by atoms with van der Waals surface area (Å²) in [5.41, 5.74) is 1.63. The van der Waals surface area contributed by atoms with Crippen LogP contribution in [0.15, 0.2) is 21.5 Å². The number of nitrogens with one attached hydrogen (secondary N) is 2. The van der Waals surface area contributed by atoms with Crippen LogP contribution in [0.1, 0.15) is 18.1 Å². The standard InChI is InChI=1S/C12H20BrN3O2S/c1-5-14-8-10-6-11(13)9(2)12(7-10)19(17,18)15-16(3)4/h6-7,14-15H,5,8H2,1-4H3. The lowest BCUT2D eigenvalue weighted by Crippen LogP contribution is -2.36. The summed E-state index contributed by atoms with van der Waals surface area (Å²) in [5.74, 6) is 0. The quantitative estimate of drug-likeness (QED) is 0.766. The molecule has 0 spiro atoms. The largest absolute Gasteiger partial charge is 0.313 e. The van der Waals surface area contributed by atoms with E-state index in [2.05, 4.69) is 26.1 Å². The van der Waals surface area contributed by atoms with Gasteiger partial charge in [0.1, 0.15) is 0 Å². The Morgan fingerprint density at radius 3 is 2.47 bits per heavy atom. The second-order valence-corrected chi connectivity index (χ2v) is 6.95. The molecule has 1 aromatic rings. The molecule has 5 nitrogen and oxygen atoms in total. The minimum absolute atomic E-state index is 0.295. The molecule has 0 aliphatic heterocycles. The van der Waals surface area contributed by atoms with Crippen LogP contribution in [-0.2, 0) is 16.6 Å². The first-order chi connectivity index (χ1) is 8.77. The highest BCUT2D eigenvalue weighted by atomic mass is 79.9. The Balaban J connectivity index is 3.22. The van der Waals surface area contributed by atoms with Crippen LogP contribution in [0.2, 0.25) is 0 Å². The first-order valence-corrected chi connectivity index (χ1v) is 8.25. The molecule has 19 heavy (non-hydrogen) atoms. The van der Waals surface area contributed by atoms with E-state index in [0.717, 1.165) is 16.6 Å². The van der Waals surface area contributed by atoms with E-state index >= 15 is 0 Å². The van der Waals surface area contributed by atoms with E-state index in [4.69, 9.17) is 0 Å². The summed E-state index contributed by atoms with van der Waals surface area (Å²) in [7, 11) is -0.256. The summed E-state index contributed by atoms with van der Waals surface area (Å²) in [5, 5.41) is 4.60. The van der Waals surface area contributed by atoms with Crippen molar-refractivity contribution in [1.82, 2.24) is 15.2 Å². The second kappa shape index (κ2) is 6.81. The number of rotatable bonds is 6. The van der Waals surface area contributed by atoms with Crippen molar-refractivity contribution < 1.29 is 8.42 Å². The Labute approximate surface area is 123 Å². The van der Waals surface area contributed by atoms with Crippen molar-refractivity contribution in [2.24, 2.45) is 0 Å². The average molecular weight is 350 g/mol. The number of sulfonamides is 1. The van der Waals surface area contributed by atoms with Gasteiger partial charge in [0.25, 0.3) is 10.0 Å². The van der Waals surface area contributed by atoms with E-state index in [9.17, 15) is 8.42 Å². The lowest BCUT2D eigenvalue weighted by atomic mass is 10.1. The van der Waals surface area contributed by atoms with Gasteiger partial charge in [-0.1, -0.05) is 22.9 Å². The Morgan fingerprint density at radius 2 is 1.95 bits per heavy atom. The second-order valence-electron chi connectivity index (χ2n) is 4.47. The summed E-state index contributed by atoms with van der Waals surface area (Å²) in [6, 6.07) is 3.64. The van der Waals surface area contributed by atoms with Crippen LogP contribution in [0.25, 0.3) is 0 Å². The van der Waals surface area contributed by atoms with Crippen LogP contribution >= 0.6 is 15.9 Å². The van der Waals surface area contributed by atoms with Crippen LogP contribution in [0, 0.1) is 6.92 Å². The lowest BCUT2D eigenvalue weighted by Gasteiger charge is -2.16. The van der Waals surface area contributed by atoms with Gasteiger partial charge in [-0.05, 0) is 36.7 Å². The van der Waals surface area contributed by atoms with Crippen molar-refractivity contribution in [2.45, 2.75) is 25.3 Å². The summed E-state index contributed by atoms with van der Waals surface area (Å²) in [6.07, 6.45) is 0. The molecular weight excluding hydrogens is 330 g/mol. The fourth-order valence-corrected chi connectivity index (χ4v) is 3.68. The molecule has 1 rings (SSSR count). The molecule has 0 saturated heterocycles. The van der Waals surface area contributed by atoms with Crippen molar-refractivity contribution in [2.75, 3.05) is 20.6 Å². The molecule has 0 atom stereocenters. The van der Waals surface area contributed by atoms with E-state index in [1.54, 1.807) is 27.1 Å². The number of nitrogens with zero attached hydrogens (tertiary/aromatic N) is 1. The zero-order chi connectivity index (χ0) is 14.6. The van der Waals surface area contributed by atoms with Crippen molar-refractivity contribution >= 4 is 26.0 Å². The van der Waals surface area contributed by atoms with Gasteiger partial charge < -0.3 is 5.32 Å². The highest BCUT2D eigenvalue weighted by molar-refractivity contribution is 9.10. The smallest absolute Gasteiger partial charge is 0.253 e. The highest BCUT2D eigenvalue weighted by Gasteiger charge is 2.19. The third-order valence-corrected chi connectivity index (χ3v) is 4.96. The molecule has 0 saturated carbocycles. The van der Waals surface area contributed by atoms with Crippen LogP contribution in [0.3, 0.4) is 0 Å². The summed E-state index contributed by atoms with van der Waals surface area (Å²) in [4.78, 5) is 2.75. The zero-order valence-electron chi connectivity index (χ0n) is 11.6. The molecule has 0 fully saturated rings. The normalized spacial score (nSPS) is 12.1. The summed E-state index contributed by atoms with van der Waals surface area (Å²) in [6.45, 7) is 5.27. The van der Waals surface area contributed by atoms with Crippen LogP contribution in [-0.4, -0.2) is 34.1 Å². The first kappa shape index (κ1) is 16.6. The Hall–Kier alpha value is -0.470. The zero-order valence-corrected chi connectivity index (χ0v) is 14.0. The minimum Gasteiger partial charge on any atom is -0.313 e. The molecule has 0 bridgehead atoms. The van der Waals surface area contributed by atoms with E-state index in [-0.39, 0.29) is 0 Å². The molecule has 1 aromatic carbocycles. The van der Waals surface area contributed by atoms with Gasteiger partial charge in [0.15, 0.2) is 0 Å². The van der Waals surface area contributed by atoms with Crippen LogP contribution < -0.4 is 10.1 Å². The van der Waals surface area contributed by atoms with Gasteiger partial charge in [0.2, 0.25) is 0 Å². The number of benzene rings is 1. The van der Waals surface area contributed by atoms with Gasteiger partial charge in [0, 0.05) is 25.1 Å². The summed E-state index contributed by atoms with van der Waals surface area (Å²) < 4.78 is 25.3. The van der Waals surface area contributed by atoms with Gasteiger partial charge in [-0.25, -0.2) is 13.4 Å². The number of halogens is 1. The Bertz CT molecular complexity index is 544. The monoisotopic (exact) mass is 349 g/mol. The molecule has 0 radical (unpaired) electrons. The Kier molecular flexibility index (Phi) is 5.94. The van der Waals surface area contributed by atoms with E-state index in [1.165, 1.54) is 5.01 Å². The molecule has 0 amide bonds. The van der Waals surface area contributed by atoms with E-state index < -0.39 is 10.0 Å². The average Bonchev–Trinajstić information content (AvgIpc) is 2.28. The molecule has 0 heterocycles. The SMILES string of the molecule is CCNCc1cc(Br)c(C)c(S(=O)(=O)NN(C)C)c1. The lowest BCUT2D eigenvalue weighted by molar-refractivity contribution is 0.364. The summed E-state index contributed by atoms with van der Waals surface area (Å²) >= 11 is 3.41. The number of hydrogen-bond acceptors (Lipinski definition) is 4. The van der Waals surface area contributed by atoms with Crippen molar-refractivity contribution in [1.29, 1.82) is 0 Å².